The third kappa shape index (κ3) is 3.69. The maximum atomic E-state index is 12.5. The molecule has 0 saturated carbocycles. The van der Waals surface area contributed by atoms with E-state index in [1.807, 2.05) is 48.5 Å². The van der Waals surface area contributed by atoms with Gasteiger partial charge in [-0.3, -0.25) is 4.79 Å². The summed E-state index contributed by atoms with van der Waals surface area (Å²) in [6.45, 7) is 2.55. The van der Waals surface area contributed by atoms with Crippen molar-refractivity contribution in [3.8, 4) is 11.5 Å². The van der Waals surface area contributed by atoms with Gasteiger partial charge in [-0.1, -0.05) is 60.7 Å². The maximum absolute atomic E-state index is 12.5. The van der Waals surface area contributed by atoms with Crippen molar-refractivity contribution in [3.63, 3.8) is 0 Å². The summed E-state index contributed by atoms with van der Waals surface area (Å²) in [4.78, 5) is 12.5. The Morgan fingerprint density at radius 2 is 1.75 bits per heavy atom. The van der Waals surface area contributed by atoms with E-state index in [4.69, 9.17) is 9.47 Å². The molecule has 4 aromatic carbocycles. The summed E-state index contributed by atoms with van der Waals surface area (Å²) in [7, 11) is 1.65. The fourth-order valence-corrected chi connectivity index (χ4v) is 4.50. The van der Waals surface area contributed by atoms with Gasteiger partial charge in [0.15, 0.2) is 11.5 Å². The van der Waals surface area contributed by atoms with Gasteiger partial charge in [-0.05, 0) is 58.1 Å². The number of carbonyl (C=O) groups excluding carboxylic acids is 1. The monoisotopic (exact) mass is 423 g/mol. The molecular formula is C28H25NO3. The van der Waals surface area contributed by atoms with Crippen molar-refractivity contribution in [2.45, 2.75) is 25.9 Å². The van der Waals surface area contributed by atoms with Crippen LogP contribution in [0.4, 0.5) is 5.69 Å². The van der Waals surface area contributed by atoms with Crippen LogP contribution in [0.1, 0.15) is 34.6 Å². The summed E-state index contributed by atoms with van der Waals surface area (Å²) in [5.74, 6) is 1.34. The number of nitrogens with one attached hydrogen (secondary N) is 1. The molecule has 1 aliphatic rings. The molecule has 0 saturated heterocycles. The number of amides is 1. The van der Waals surface area contributed by atoms with Gasteiger partial charge in [0.2, 0.25) is 5.91 Å². The smallest absolute Gasteiger partial charge is 0.225 e. The number of methoxy groups -OCH3 is 1. The first-order valence-corrected chi connectivity index (χ1v) is 10.8. The summed E-state index contributed by atoms with van der Waals surface area (Å²) in [6.07, 6.45) is 0.396. The molecule has 1 atom stereocenters. The Hall–Kier alpha value is -3.79. The van der Waals surface area contributed by atoms with Crippen LogP contribution in [0.2, 0.25) is 0 Å². The van der Waals surface area contributed by atoms with Gasteiger partial charge in [-0.15, -0.1) is 0 Å². The van der Waals surface area contributed by atoms with E-state index in [9.17, 15) is 4.79 Å². The van der Waals surface area contributed by atoms with Crippen molar-refractivity contribution < 1.29 is 14.3 Å². The normalized spacial score (nSPS) is 15.2. The molecule has 1 amide bonds. The summed E-state index contributed by atoms with van der Waals surface area (Å²) < 4.78 is 11.8. The zero-order valence-corrected chi connectivity index (χ0v) is 18.2. The topological polar surface area (TPSA) is 47.6 Å². The first kappa shape index (κ1) is 20.1. The van der Waals surface area contributed by atoms with Crippen LogP contribution >= 0.6 is 0 Å². The van der Waals surface area contributed by atoms with Crippen molar-refractivity contribution in [1.82, 2.24) is 0 Å². The second-order valence-corrected chi connectivity index (χ2v) is 8.18. The van der Waals surface area contributed by atoms with Gasteiger partial charge in [0.25, 0.3) is 0 Å². The fourth-order valence-electron chi connectivity index (χ4n) is 4.50. The lowest BCUT2D eigenvalue weighted by Crippen LogP contribution is -2.23. The van der Waals surface area contributed by atoms with Crippen LogP contribution in [0.15, 0.2) is 78.9 Å². The lowest BCUT2D eigenvalue weighted by Gasteiger charge is -2.28. The van der Waals surface area contributed by atoms with E-state index >= 15 is 0 Å². The minimum absolute atomic E-state index is 0.0247. The van der Waals surface area contributed by atoms with Gasteiger partial charge < -0.3 is 14.8 Å². The van der Waals surface area contributed by atoms with Crippen molar-refractivity contribution in [1.29, 1.82) is 0 Å². The molecule has 0 radical (unpaired) electrons. The van der Waals surface area contributed by atoms with E-state index in [0.717, 1.165) is 33.2 Å². The van der Waals surface area contributed by atoms with Gasteiger partial charge in [-0.2, -0.15) is 0 Å². The zero-order valence-electron chi connectivity index (χ0n) is 18.2. The zero-order chi connectivity index (χ0) is 22.1. The van der Waals surface area contributed by atoms with Crippen LogP contribution in [0.25, 0.3) is 10.8 Å². The molecule has 1 heterocycles. The highest BCUT2D eigenvalue weighted by atomic mass is 16.5. The second-order valence-electron chi connectivity index (χ2n) is 8.18. The predicted octanol–water partition coefficient (Wildman–Crippen LogP) is 6.21. The van der Waals surface area contributed by atoms with E-state index in [1.54, 1.807) is 7.11 Å². The molecular weight excluding hydrogens is 398 g/mol. The summed E-state index contributed by atoms with van der Waals surface area (Å²) >= 11 is 0. The number of anilines is 1. The summed E-state index contributed by atoms with van der Waals surface area (Å²) in [6, 6.07) is 26.5. The van der Waals surface area contributed by atoms with Crippen molar-refractivity contribution in [3.05, 3.63) is 101 Å². The molecule has 1 aliphatic heterocycles. The van der Waals surface area contributed by atoms with Crippen molar-refractivity contribution in [2.75, 3.05) is 12.4 Å². The van der Waals surface area contributed by atoms with Crippen LogP contribution in [0.5, 0.6) is 11.5 Å². The number of hydrogen-bond donors (Lipinski definition) is 1. The fraction of sp³-hybridized carbons (Fsp3) is 0.179. The number of fused-ring (bicyclic) bond motifs is 3. The standard InChI is InChI=1S/C28H25NO3/c1-18-7-3-4-9-21(18)17-32-25-14-12-20(15-26(25)31-2)23-16-27(30)29-24-13-11-19-8-5-6-10-22(19)28(23)24/h3-15,23H,16-17H2,1-2H3,(H,29,30). The minimum atomic E-state index is -0.0517. The molecule has 1 N–H and O–H groups in total. The average Bonchev–Trinajstić information content (AvgIpc) is 2.82. The average molecular weight is 424 g/mol. The molecule has 1 unspecified atom stereocenters. The van der Waals surface area contributed by atoms with Crippen molar-refractivity contribution in [2.24, 2.45) is 0 Å². The summed E-state index contributed by atoms with van der Waals surface area (Å²) in [5.41, 5.74) is 5.41. The molecule has 160 valence electrons. The molecule has 0 aromatic heterocycles. The highest BCUT2D eigenvalue weighted by Gasteiger charge is 2.29. The molecule has 0 aliphatic carbocycles. The third-order valence-electron chi connectivity index (χ3n) is 6.22. The molecule has 0 fully saturated rings. The van der Waals surface area contributed by atoms with E-state index in [0.29, 0.717) is 24.5 Å². The SMILES string of the molecule is COc1cc(C2CC(=O)Nc3ccc4ccccc4c32)ccc1OCc1ccccc1C. The number of aryl methyl sites for hydroxylation is 1. The molecule has 0 spiro atoms. The Labute approximate surface area is 187 Å². The van der Waals surface area contributed by atoms with Gasteiger partial charge in [0.05, 0.1) is 7.11 Å². The second kappa shape index (κ2) is 8.39. The van der Waals surface area contributed by atoms with Crippen LogP contribution < -0.4 is 14.8 Å². The highest BCUT2D eigenvalue weighted by molar-refractivity contribution is 6.01. The number of ether oxygens (including phenoxy) is 2. The van der Waals surface area contributed by atoms with Gasteiger partial charge in [0, 0.05) is 18.0 Å². The number of rotatable bonds is 5. The summed E-state index contributed by atoms with van der Waals surface area (Å²) in [5, 5.41) is 5.37. The van der Waals surface area contributed by atoms with E-state index < -0.39 is 0 Å². The molecule has 5 rings (SSSR count). The first-order chi connectivity index (χ1) is 15.6. The lowest BCUT2D eigenvalue weighted by molar-refractivity contribution is -0.116. The molecule has 4 aromatic rings. The van der Waals surface area contributed by atoms with Crippen LogP contribution in [0.3, 0.4) is 0 Å². The van der Waals surface area contributed by atoms with Crippen LogP contribution in [0, 0.1) is 6.92 Å². The van der Waals surface area contributed by atoms with Crippen LogP contribution in [-0.2, 0) is 11.4 Å². The third-order valence-corrected chi connectivity index (χ3v) is 6.22. The maximum Gasteiger partial charge on any atom is 0.225 e. The first-order valence-electron chi connectivity index (χ1n) is 10.8. The van der Waals surface area contributed by atoms with Gasteiger partial charge in [0.1, 0.15) is 6.61 Å². The lowest BCUT2D eigenvalue weighted by atomic mass is 9.82. The van der Waals surface area contributed by atoms with Crippen LogP contribution in [-0.4, -0.2) is 13.0 Å². The van der Waals surface area contributed by atoms with Gasteiger partial charge in [-0.25, -0.2) is 0 Å². The Morgan fingerprint density at radius 3 is 2.59 bits per heavy atom. The Bertz CT molecular complexity index is 1310. The van der Waals surface area contributed by atoms with E-state index in [-0.39, 0.29) is 11.8 Å². The number of carbonyl (C=O) groups is 1. The molecule has 0 bridgehead atoms. The Morgan fingerprint density at radius 1 is 0.938 bits per heavy atom. The largest absolute Gasteiger partial charge is 0.493 e. The Kier molecular flexibility index (Phi) is 5.28. The Balaban J connectivity index is 1.51. The van der Waals surface area contributed by atoms with E-state index in [2.05, 4.69) is 42.6 Å². The highest BCUT2D eigenvalue weighted by Crippen LogP contribution is 2.43. The molecule has 4 heteroatoms. The molecule has 4 nitrogen and oxygen atoms in total. The van der Waals surface area contributed by atoms with E-state index in [1.165, 1.54) is 5.56 Å². The quantitative estimate of drug-likeness (QED) is 0.415. The number of benzene rings is 4. The predicted molar refractivity (Wildman–Crippen MR) is 128 cm³/mol. The molecule has 32 heavy (non-hydrogen) atoms. The van der Waals surface area contributed by atoms with Gasteiger partial charge >= 0.3 is 0 Å². The van der Waals surface area contributed by atoms with Crippen molar-refractivity contribution >= 4 is 22.4 Å². The number of hydrogen-bond acceptors (Lipinski definition) is 3. The minimum Gasteiger partial charge on any atom is -0.493 e.